The number of sulfonamides is 1. The van der Waals surface area contributed by atoms with Crippen LogP contribution in [0.3, 0.4) is 0 Å². The molecule has 0 amide bonds. The molecule has 4 nitrogen and oxygen atoms in total. The van der Waals surface area contributed by atoms with Crippen LogP contribution in [0, 0.1) is 11.8 Å². The molecule has 0 aliphatic heterocycles. The van der Waals surface area contributed by atoms with E-state index in [0.29, 0.717) is 10.8 Å². The summed E-state index contributed by atoms with van der Waals surface area (Å²) in [4.78, 5) is 0.350. The minimum Gasteiger partial charge on any atom is -0.496 e. The first-order valence-electron chi connectivity index (χ1n) is 7.72. The normalized spacial score (nSPS) is 28.0. The average molecular weight is 309 g/mol. The molecule has 0 aromatic heterocycles. The van der Waals surface area contributed by atoms with Gasteiger partial charge in [0.2, 0.25) is 10.0 Å². The zero-order valence-corrected chi connectivity index (χ0v) is 13.4. The maximum Gasteiger partial charge on any atom is 0.240 e. The van der Waals surface area contributed by atoms with Crippen LogP contribution in [0.1, 0.15) is 38.2 Å². The fourth-order valence-corrected chi connectivity index (χ4v) is 5.22. The summed E-state index contributed by atoms with van der Waals surface area (Å²) < 4.78 is 33.3. The van der Waals surface area contributed by atoms with Gasteiger partial charge in [-0.3, -0.25) is 0 Å². The number of ether oxygens (including phenoxy) is 1. The summed E-state index contributed by atoms with van der Waals surface area (Å²) in [5.74, 6) is 2.01. The van der Waals surface area contributed by atoms with Crippen LogP contribution in [-0.2, 0) is 16.4 Å². The van der Waals surface area contributed by atoms with Gasteiger partial charge in [-0.2, -0.15) is 0 Å². The summed E-state index contributed by atoms with van der Waals surface area (Å²) >= 11 is 0. The Morgan fingerprint density at radius 1 is 1.29 bits per heavy atom. The lowest BCUT2D eigenvalue weighted by molar-refractivity contribution is 0.390. The van der Waals surface area contributed by atoms with Crippen LogP contribution in [-0.4, -0.2) is 21.6 Å². The van der Waals surface area contributed by atoms with Crippen LogP contribution >= 0.6 is 0 Å². The Balaban J connectivity index is 1.81. The predicted molar refractivity (Wildman–Crippen MR) is 81.9 cm³/mol. The maximum atomic E-state index is 12.6. The van der Waals surface area contributed by atoms with Crippen molar-refractivity contribution in [2.24, 2.45) is 11.8 Å². The Morgan fingerprint density at radius 3 is 2.67 bits per heavy atom. The number of hydrogen-bond donors (Lipinski definition) is 1. The summed E-state index contributed by atoms with van der Waals surface area (Å²) in [5, 5.41) is 0. The Morgan fingerprint density at radius 2 is 2.10 bits per heavy atom. The highest BCUT2D eigenvalue weighted by atomic mass is 32.2. The lowest BCUT2D eigenvalue weighted by atomic mass is 9.96. The third kappa shape index (κ3) is 2.81. The van der Waals surface area contributed by atoms with E-state index in [9.17, 15) is 8.42 Å². The van der Waals surface area contributed by atoms with Gasteiger partial charge in [0.05, 0.1) is 12.0 Å². The van der Waals surface area contributed by atoms with Gasteiger partial charge in [-0.25, -0.2) is 13.1 Å². The zero-order valence-electron chi connectivity index (χ0n) is 12.6. The number of fused-ring (bicyclic) bond motifs is 2. The largest absolute Gasteiger partial charge is 0.496 e. The molecular formula is C16H23NO3S. The van der Waals surface area contributed by atoms with Crippen molar-refractivity contribution in [1.82, 2.24) is 4.72 Å². The fraction of sp³-hybridized carbons (Fsp3) is 0.625. The summed E-state index contributed by atoms with van der Waals surface area (Å²) in [6.07, 6.45) is 5.38. The standard InChI is InChI=1S/C16H23NO3S/c1-3-12-10-14(6-7-16(12)20-2)21(18,19)17-15-9-11-4-5-13(15)8-11/h6-7,10-11,13,15,17H,3-5,8-9H2,1-2H3. The van der Waals surface area contributed by atoms with Crippen LogP contribution in [0.15, 0.2) is 23.1 Å². The van der Waals surface area contributed by atoms with E-state index >= 15 is 0 Å². The van der Waals surface area contributed by atoms with E-state index in [-0.39, 0.29) is 6.04 Å². The van der Waals surface area contributed by atoms with Crippen LogP contribution < -0.4 is 9.46 Å². The minimum atomic E-state index is -3.43. The third-order valence-corrected chi connectivity index (χ3v) is 6.48. The van der Waals surface area contributed by atoms with Gasteiger partial charge in [0.1, 0.15) is 5.75 Å². The second-order valence-electron chi connectivity index (χ2n) is 6.23. The lowest BCUT2D eigenvalue weighted by Crippen LogP contribution is -2.38. The van der Waals surface area contributed by atoms with Gasteiger partial charge in [0, 0.05) is 6.04 Å². The molecule has 1 N–H and O–H groups in total. The number of nitrogens with one attached hydrogen (secondary N) is 1. The van der Waals surface area contributed by atoms with Crippen molar-refractivity contribution in [3.05, 3.63) is 23.8 Å². The average Bonchev–Trinajstić information content (AvgIpc) is 3.08. The van der Waals surface area contributed by atoms with E-state index < -0.39 is 10.0 Å². The summed E-state index contributed by atoms with van der Waals surface area (Å²) in [6.45, 7) is 2.00. The molecule has 3 unspecified atom stereocenters. The molecule has 2 fully saturated rings. The van der Waals surface area contributed by atoms with E-state index in [0.717, 1.165) is 30.1 Å². The molecule has 0 spiro atoms. The zero-order chi connectivity index (χ0) is 15.0. The molecule has 2 aliphatic rings. The highest BCUT2D eigenvalue weighted by Gasteiger charge is 2.41. The molecule has 2 aliphatic carbocycles. The molecule has 0 heterocycles. The van der Waals surface area contributed by atoms with Gasteiger partial charge in [-0.1, -0.05) is 13.3 Å². The van der Waals surface area contributed by atoms with Crippen molar-refractivity contribution in [3.8, 4) is 5.75 Å². The lowest BCUT2D eigenvalue weighted by Gasteiger charge is -2.23. The number of aryl methyl sites for hydroxylation is 1. The van der Waals surface area contributed by atoms with E-state index in [2.05, 4.69) is 4.72 Å². The molecule has 2 saturated carbocycles. The van der Waals surface area contributed by atoms with Gasteiger partial charge >= 0.3 is 0 Å². The van der Waals surface area contributed by atoms with Gasteiger partial charge < -0.3 is 4.74 Å². The maximum absolute atomic E-state index is 12.6. The van der Waals surface area contributed by atoms with E-state index in [4.69, 9.17) is 4.74 Å². The van der Waals surface area contributed by atoms with Crippen molar-refractivity contribution in [3.63, 3.8) is 0 Å². The van der Waals surface area contributed by atoms with Crippen LogP contribution in [0.4, 0.5) is 0 Å². The molecule has 3 rings (SSSR count). The van der Waals surface area contributed by atoms with Crippen molar-refractivity contribution in [2.75, 3.05) is 7.11 Å². The molecule has 5 heteroatoms. The van der Waals surface area contributed by atoms with Gasteiger partial charge in [0.15, 0.2) is 0 Å². The summed E-state index contributed by atoms with van der Waals surface area (Å²) in [5.41, 5.74) is 0.924. The molecule has 116 valence electrons. The van der Waals surface area contributed by atoms with Crippen LogP contribution in [0.25, 0.3) is 0 Å². The Labute approximate surface area is 126 Å². The second-order valence-corrected chi connectivity index (χ2v) is 7.94. The first-order chi connectivity index (χ1) is 10.0. The summed E-state index contributed by atoms with van der Waals surface area (Å²) in [7, 11) is -1.82. The molecule has 3 atom stereocenters. The molecule has 0 saturated heterocycles. The molecule has 1 aromatic carbocycles. The SMILES string of the molecule is CCc1cc(S(=O)(=O)NC2CC3CCC2C3)ccc1OC. The second kappa shape index (κ2) is 5.61. The van der Waals surface area contributed by atoms with Crippen molar-refractivity contribution in [1.29, 1.82) is 0 Å². The number of hydrogen-bond acceptors (Lipinski definition) is 3. The highest BCUT2D eigenvalue weighted by molar-refractivity contribution is 7.89. The van der Waals surface area contributed by atoms with E-state index in [1.165, 1.54) is 19.3 Å². The van der Waals surface area contributed by atoms with Gasteiger partial charge in [0.25, 0.3) is 0 Å². The minimum absolute atomic E-state index is 0.126. The van der Waals surface area contributed by atoms with Crippen LogP contribution in [0.5, 0.6) is 5.75 Å². The number of rotatable bonds is 5. The number of benzene rings is 1. The fourth-order valence-electron chi connectivity index (χ4n) is 3.85. The Kier molecular flexibility index (Phi) is 3.97. The molecule has 2 bridgehead atoms. The monoisotopic (exact) mass is 309 g/mol. The van der Waals surface area contributed by atoms with Gasteiger partial charge in [-0.05, 0) is 61.3 Å². The quantitative estimate of drug-likeness (QED) is 0.910. The molecular weight excluding hydrogens is 286 g/mol. The van der Waals surface area contributed by atoms with E-state index in [1.807, 2.05) is 6.92 Å². The van der Waals surface area contributed by atoms with E-state index in [1.54, 1.807) is 25.3 Å². The smallest absolute Gasteiger partial charge is 0.240 e. The molecule has 1 aromatic rings. The van der Waals surface area contributed by atoms with Crippen molar-refractivity contribution >= 4 is 10.0 Å². The molecule has 0 radical (unpaired) electrons. The van der Waals surface area contributed by atoms with Gasteiger partial charge in [-0.15, -0.1) is 0 Å². The summed E-state index contributed by atoms with van der Waals surface area (Å²) in [6, 6.07) is 5.23. The highest BCUT2D eigenvalue weighted by Crippen LogP contribution is 2.44. The first-order valence-corrected chi connectivity index (χ1v) is 9.21. The van der Waals surface area contributed by atoms with Crippen molar-refractivity contribution in [2.45, 2.75) is 50.0 Å². The molecule has 21 heavy (non-hydrogen) atoms. The topological polar surface area (TPSA) is 55.4 Å². The Hall–Kier alpha value is -1.07. The first kappa shape index (κ1) is 14.9. The predicted octanol–water partition coefficient (Wildman–Crippen LogP) is 2.72. The van der Waals surface area contributed by atoms with Crippen LogP contribution in [0.2, 0.25) is 0 Å². The Bertz CT molecular complexity index is 626. The third-order valence-electron chi connectivity index (χ3n) is 4.99. The van der Waals surface area contributed by atoms with Crippen molar-refractivity contribution < 1.29 is 13.2 Å². The number of methoxy groups -OCH3 is 1.